The Morgan fingerprint density at radius 2 is 1.77 bits per heavy atom. The fourth-order valence-electron chi connectivity index (χ4n) is 1.78. The molecule has 2 rings (SSSR count). The Hall–Kier alpha value is -2.18. The molecule has 0 amide bonds. The molecule has 0 fully saturated rings. The largest absolute Gasteiger partial charge is 0.508 e. The smallest absolute Gasteiger partial charge is 0.338 e. The molecule has 0 radical (unpaired) electrons. The van der Waals surface area contributed by atoms with Crippen LogP contribution in [0.5, 0.6) is 5.75 Å². The predicted octanol–water partition coefficient (Wildman–Crippen LogP) is 1.68. The summed E-state index contributed by atoms with van der Waals surface area (Å²) in [6, 6.07) is 14.2. The van der Waals surface area contributed by atoms with Gasteiger partial charge >= 0.3 is 5.97 Å². The topological polar surface area (TPSA) is 89.6 Å². The van der Waals surface area contributed by atoms with Crippen molar-refractivity contribution in [2.45, 2.75) is 10.9 Å². The van der Waals surface area contributed by atoms with E-state index >= 15 is 0 Å². The number of phenols is 1. The average molecular weight is 319 g/mol. The highest BCUT2D eigenvalue weighted by Gasteiger charge is 2.13. The van der Waals surface area contributed by atoms with Crippen LogP contribution in [0.3, 0.4) is 0 Å². The lowest BCUT2D eigenvalue weighted by Gasteiger charge is -2.12. The SMILES string of the molecule is NC(COC(=O)c1ccccc1)CS(=O)c1ccc(O)cc1. The van der Waals surface area contributed by atoms with E-state index in [4.69, 9.17) is 10.5 Å². The van der Waals surface area contributed by atoms with Gasteiger partial charge in [-0.25, -0.2) is 4.79 Å². The zero-order valence-corrected chi connectivity index (χ0v) is 12.7. The third kappa shape index (κ3) is 4.68. The first-order valence-corrected chi connectivity index (χ1v) is 8.03. The molecule has 0 aliphatic rings. The number of ether oxygens (including phenoxy) is 1. The summed E-state index contributed by atoms with van der Waals surface area (Å²) >= 11 is 0. The number of phenolic OH excluding ortho intramolecular Hbond substituents is 1. The van der Waals surface area contributed by atoms with Crippen molar-refractivity contribution in [2.75, 3.05) is 12.4 Å². The van der Waals surface area contributed by atoms with E-state index < -0.39 is 22.8 Å². The van der Waals surface area contributed by atoms with Gasteiger partial charge in [0.1, 0.15) is 12.4 Å². The predicted molar refractivity (Wildman–Crippen MR) is 84.1 cm³/mol. The molecule has 116 valence electrons. The second-order valence-electron chi connectivity index (χ2n) is 4.73. The third-order valence-electron chi connectivity index (χ3n) is 2.90. The van der Waals surface area contributed by atoms with Crippen LogP contribution in [0.2, 0.25) is 0 Å². The van der Waals surface area contributed by atoms with Gasteiger partial charge in [0.2, 0.25) is 0 Å². The van der Waals surface area contributed by atoms with E-state index in [0.29, 0.717) is 10.5 Å². The van der Waals surface area contributed by atoms with Crippen LogP contribution in [0.15, 0.2) is 59.5 Å². The molecule has 2 atom stereocenters. The maximum atomic E-state index is 12.1. The second-order valence-corrected chi connectivity index (χ2v) is 6.23. The second kappa shape index (κ2) is 7.72. The van der Waals surface area contributed by atoms with Gasteiger partial charge in [-0.15, -0.1) is 0 Å². The van der Waals surface area contributed by atoms with E-state index in [2.05, 4.69) is 0 Å². The lowest BCUT2D eigenvalue weighted by atomic mass is 10.2. The number of carbonyl (C=O) groups is 1. The number of hydrogen-bond donors (Lipinski definition) is 2. The molecule has 0 spiro atoms. The molecule has 6 heteroatoms. The van der Waals surface area contributed by atoms with Crippen molar-refractivity contribution < 1.29 is 18.8 Å². The van der Waals surface area contributed by atoms with Crippen LogP contribution in [0.25, 0.3) is 0 Å². The minimum Gasteiger partial charge on any atom is -0.508 e. The van der Waals surface area contributed by atoms with Crippen molar-refractivity contribution in [3.05, 3.63) is 60.2 Å². The highest BCUT2D eigenvalue weighted by atomic mass is 32.2. The minimum absolute atomic E-state index is 0.00243. The van der Waals surface area contributed by atoms with Gasteiger partial charge in [0.05, 0.1) is 22.4 Å². The molecule has 0 saturated heterocycles. The Morgan fingerprint density at radius 1 is 1.14 bits per heavy atom. The van der Waals surface area contributed by atoms with Crippen LogP contribution >= 0.6 is 0 Å². The molecule has 0 aromatic heterocycles. The normalized spacial score (nSPS) is 13.3. The quantitative estimate of drug-likeness (QED) is 0.791. The molecule has 2 aromatic rings. The molecule has 0 aliphatic heterocycles. The van der Waals surface area contributed by atoms with Gasteiger partial charge in [-0.3, -0.25) is 4.21 Å². The summed E-state index contributed by atoms with van der Waals surface area (Å²) in [4.78, 5) is 12.3. The lowest BCUT2D eigenvalue weighted by molar-refractivity contribution is 0.0488. The van der Waals surface area contributed by atoms with E-state index in [9.17, 15) is 14.1 Å². The summed E-state index contributed by atoms with van der Waals surface area (Å²) in [5, 5.41) is 9.19. The Bertz CT molecular complexity index is 643. The van der Waals surface area contributed by atoms with E-state index in [1.54, 1.807) is 36.4 Å². The Morgan fingerprint density at radius 3 is 2.41 bits per heavy atom. The summed E-state index contributed by atoms with van der Waals surface area (Å²) in [5.41, 5.74) is 6.30. The Labute approximate surface area is 131 Å². The summed E-state index contributed by atoms with van der Waals surface area (Å²) in [7, 11) is -1.31. The van der Waals surface area contributed by atoms with Crippen molar-refractivity contribution in [3.8, 4) is 5.75 Å². The molecule has 2 unspecified atom stereocenters. The fraction of sp³-hybridized carbons (Fsp3) is 0.188. The first kappa shape index (κ1) is 16.2. The number of aromatic hydroxyl groups is 1. The van der Waals surface area contributed by atoms with Gasteiger partial charge in [-0.1, -0.05) is 18.2 Å². The zero-order chi connectivity index (χ0) is 15.9. The molecule has 0 heterocycles. The molecule has 0 aliphatic carbocycles. The number of rotatable bonds is 6. The molecule has 3 N–H and O–H groups in total. The molecular formula is C16H17NO4S. The van der Waals surface area contributed by atoms with Crippen LogP contribution in [0.4, 0.5) is 0 Å². The van der Waals surface area contributed by atoms with E-state index in [-0.39, 0.29) is 18.1 Å². The summed E-state index contributed by atoms with van der Waals surface area (Å²) in [5.74, 6) is -0.166. The Kier molecular flexibility index (Phi) is 5.68. The maximum Gasteiger partial charge on any atom is 0.338 e. The lowest BCUT2D eigenvalue weighted by Crippen LogP contribution is -2.33. The van der Waals surface area contributed by atoms with Crippen LogP contribution in [0.1, 0.15) is 10.4 Å². The number of hydrogen-bond acceptors (Lipinski definition) is 5. The fourth-order valence-corrected chi connectivity index (χ4v) is 2.89. The van der Waals surface area contributed by atoms with Gasteiger partial charge in [0.25, 0.3) is 0 Å². The van der Waals surface area contributed by atoms with Crippen molar-refractivity contribution in [1.29, 1.82) is 0 Å². The summed E-state index contributed by atoms with van der Waals surface area (Å²) < 4.78 is 17.2. The molecule has 0 bridgehead atoms. The van der Waals surface area contributed by atoms with Crippen LogP contribution in [-0.2, 0) is 15.5 Å². The summed E-state index contributed by atoms with van der Waals surface area (Å²) in [6.07, 6.45) is 0. The van der Waals surface area contributed by atoms with E-state index in [1.165, 1.54) is 12.1 Å². The van der Waals surface area contributed by atoms with Crippen molar-refractivity contribution in [3.63, 3.8) is 0 Å². The van der Waals surface area contributed by atoms with Crippen LogP contribution in [0, 0.1) is 0 Å². The standard InChI is InChI=1S/C16H17NO4S/c17-13(10-21-16(19)12-4-2-1-3-5-12)11-22(20)15-8-6-14(18)7-9-15/h1-9,13,18H,10-11,17H2. The van der Waals surface area contributed by atoms with Crippen LogP contribution in [-0.4, -0.2) is 33.7 Å². The summed E-state index contributed by atoms with van der Waals surface area (Å²) in [6.45, 7) is -0.00243. The molecule has 5 nitrogen and oxygen atoms in total. The van der Waals surface area contributed by atoms with Gasteiger partial charge in [-0.2, -0.15) is 0 Å². The van der Waals surface area contributed by atoms with E-state index in [1.807, 2.05) is 6.07 Å². The zero-order valence-electron chi connectivity index (χ0n) is 11.8. The van der Waals surface area contributed by atoms with Crippen molar-refractivity contribution >= 4 is 16.8 Å². The number of carbonyl (C=O) groups excluding carboxylic acids is 1. The first-order chi connectivity index (χ1) is 10.6. The van der Waals surface area contributed by atoms with E-state index in [0.717, 1.165) is 0 Å². The number of nitrogens with two attached hydrogens (primary N) is 1. The molecular weight excluding hydrogens is 302 g/mol. The molecule has 0 saturated carbocycles. The minimum atomic E-state index is -1.31. The van der Waals surface area contributed by atoms with Crippen molar-refractivity contribution in [2.24, 2.45) is 5.73 Å². The number of esters is 1. The van der Waals surface area contributed by atoms with Gasteiger partial charge in [-0.05, 0) is 36.4 Å². The average Bonchev–Trinajstić information content (AvgIpc) is 2.54. The highest BCUT2D eigenvalue weighted by Crippen LogP contribution is 2.13. The van der Waals surface area contributed by atoms with Crippen LogP contribution < -0.4 is 5.73 Å². The van der Waals surface area contributed by atoms with Crippen molar-refractivity contribution in [1.82, 2.24) is 0 Å². The third-order valence-corrected chi connectivity index (χ3v) is 4.43. The Balaban J connectivity index is 1.83. The first-order valence-electron chi connectivity index (χ1n) is 6.71. The molecule has 2 aromatic carbocycles. The molecule has 22 heavy (non-hydrogen) atoms. The maximum absolute atomic E-state index is 12.1. The monoisotopic (exact) mass is 319 g/mol. The van der Waals surface area contributed by atoms with Gasteiger partial charge in [0, 0.05) is 10.6 Å². The highest BCUT2D eigenvalue weighted by molar-refractivity contribution is 7.85. The van der Waals surface area contributed by atoms with Gasteiger partial charge in [0.15, 0.2) is 0 Å². The number of benzene rings is 2. The van der Waals surface area contributed by atoms with Gasteiger partial charge < -0.3 is 15.6 Å².